The summed E-state index contributed by atoms with van der Waals surface area (Å²) in [6, 6.07) is 7.92. The van der Waals surface area contributed by atoms with Crippen molar-refractivity contribution in [2.24, 2.45) is 5.73 Å². The van der Waals surface area contributed by atoms with Gasteiger partial charge in [-0.15, -0.1) is 0 Å². The van der Waals surface area contributed by atoms with Gasteiger partial charge in [-0.3, -0.25) is 14.4 Å². The van der Waals surface area contributed by atoms with Gasteiger partial charge in [0.25, 0.3) is 0 Å². The molecule has 1 aromatic carbocycles. The minimum Gasteiger partial charge on any atom is -0.368 e. The molecule has 6 heteroatoms. The number of unbranched alkanes of at least 4 members (excludes halogenated alkanes) is 1. The summed E-state index contributed by atoms with van der Waals surface area (Å²) in [6.45, 7) is 3.35. The van der Waals surface area contributed by atoms with Crippen LogP contribution in [0.5, 0.6) is 0 Å². The highest BCUT2D eigenvalue weighted by Crippen LogP contribution is 2.06. The van der Waals surface area contributed by atoms with Gasteiger partial charge in [0.1, 0.15) is 12.1 Å². The van der Waals surface area contributed by atoms with Gasteiger partial charge in [0, 0.05) is 13.3 Å². The van der Waals surface area contributed by atoms with Crippen LogP contribution in [0.1, 0.15) is 38.7 Å². The molecule has 0 saturated carbocycles. The van der Waals surface area contributed by atoms with Crippen molar-refractivity contribution < 1.29 is 14.4 Å². The van der Waals surface area contributed by atoms with Crippen LogP contribution in [0.4, 0.5) is 0 Å². The summed E-state index contributed by atoms with van der Waals surface area (Å²) in [7, 11) is 0. The summed E-state index contributed by atoms with van der Waals surface area (Å²) in [4.78, 5) is 35.2. The standard InChI is InChI=1S/C17H25N3O3/c1-3-4-10-14(16(18)22)20-17(23)15(19-12(2)21)11-13-8-6-5-7-9-13/h5-9,14-15H,3-4,10-11H2,1-2H3,(H2,18,22)(H,19,21)(H,20,23)/t14-,15-/m0/s1. The highest BCUT2D eigenvalue weighted by molar-refractivity contribution is 5.91. The Morgan fingerprint density at radius 2 is 1.74 bits per heavy atom. The molecule has 2 atom stereocenters. The lowest BCUT2D eigenvalue weighted by Crippen LogP contribution is -2.53. The number of carbonyl (C=O) groups is 3. The van der Waals surface area contributed by atoms with E-state index >= 15 is 0 Å². The van der Waals surface area contributed by atoms with Crippen LogP contribution in [0.3, 0.4) is 0 Å². The number of primary amides is 1. The number of benzene rings is 1. The van der Waals surface area contributed by atoms with Crippen molar-refractivity contribution in [2.75, 3.05) is 0 Å². The molecule has 6 nitrogen and oxygen atoms in total. The lowest BCUT2D eigenvalue weighted by molar-refractivity contribution is -0.130. The lowest BCUT2D eigenvalue weighted by Gasteiger charge is -2.21. The van der Waals surface area contributed by atoms with Crippen molar-refractivity contribution in [2.45, 2.75) is 51.6 Å². The van der Waals surface area contributed by atoms with Crippen LogP contribution >= 0.6 is 0 Å². The molecule has 0 aliphatic rings. The fraction of sp³-hybridized carbons (Fsp3) is 0.471. The Morgan fingerprint density at radius 1 is 1.09 bits per heavy atom. The quantitative estimate of drug-likeness (QED) is 0.630. The molecule has 0 saturated heterocycles. The van der Waals surface area contributed by atoms with E-state index in [1.807, 2.05) is 37.3 Å². The van der Waals surface area contributed by atoms with Gasteiger partial charge in [-0.1, -0.05) is 50.1 Å². The number of hydrogen-bond acceptors (Lipinski definition) is 3. The van der Waals surface area contributed by atoms with Crippen LogP contribution in [0, 0.1) is 0 Å². The molecule has 4 N–H and O–H groups in total. The molecule has 0 spiro atoms. The van der Waals surface area contributed by atoms with Gasteiger partial charge in [-0.25, -0.2) is 0 Å². The zero-order valence-electron chi connectivity index (χ0n) is 13.7. The zero-order chi connectivity index (χ0) is 17.2. The first-order valence-electron chi connectivity index (χ1n) is 7.84. The molecule has 0 heterocycles. The van der Waals surface area contributed by atoms with Gasteiger partial charge in [0.05, 0.1) is 0 Å². The fourth-order valence-electron chi connectivity index (χ4n) is 2.27. The lowest BCUT2D eigenvalue weighted by atomic mass is 10.0. The van der Waals surface area contributed by atoms with Crippen molar-refractivity contribution in [3.63, 3.8) is 0 Å². The molecule has 1 aromatic rings. The van der Waals surface area contributed by atoms with Gasteiger partial charge in [0.2, 0.25) is 17.7 Å². The second kappa shape index (κ2) is 9.61. The molecule has 0 bridgehead atoms. The number of hydrogen-bond donors (Lipinski definition) is 3. The van der Waals surface area contributed by atoms with Crippen LogP contribution < -0.4 is 16.4 Å². The van der Waals surface area contributed by atoms with E-state index < -0.39 is 23.9 Å². The maximum absolute atomic E-state index is 12.4. The third-order valence-corrected chi connectivity index (χ3v) is 3.48. The molecule has 0 aliphatic carbocycles. The van der Waals surface area contributed by atoms with E-state index in [1.54, 1.807) is 0 Å². The molecule has 3 amide bonds. The maximum Gasteiger partial charge on any atom is 0.243 e. The average molecular weight is 319 g/mol. The maximum atomic E-state index is 12.4. The smallest absolute Gasteiger partial charge is 0.243 e. The SMILES string of the molecule is CCCC[C@H](NC(=O)[C@H](Cc1ccccc1)NC(C)=O)C(N)=O. The van der Waals surface area contributed by atoms with Gasteiger partial charge in [-0.05, 0) is 12.0 Å². The molecule has 0 radical (unpaired) electrons. The molecule has 126 valence electrons. The largest absolute Gasteiger partial charge is 0.368 e. The molecule has 1 rings (SSSR count). The third kappa shape index (κ3) is 6.95. The summed E-state index contributed by atoms with van der Waals surface area (Å²) < 4.78 is 0. The Kier molecular flexibility index (Phi) is 7.80. The first-order valence-corrected chi connectivity index (χ1v) is 7.84. The monoisotopic (exact) mass is 319 g/mol. The molecule has 0 aliphatic heterocycles. The third-order valence-electron chi connectivity index (χ3n) is 3.48. The number of nitrogens with two attached hydrogens (primary N) is 1. The Bertz CT molecular complexity index is 531. The molecule has 0 aromatic heterocycles. The Hall–Kier alpha value is -2.37. The minimum atomic E-state index is -0.738. The topological polar surface area (TPSA) is 101 Å². The zero-order valence-corrected chi connectivity index (χ0v) is 13.7. The van der Waals surface area contributed by atoms with E-state index in [0.717, 1.165) is 18.4 Å². The van der Waals surface area contributed by atoms with Crippen LogP contribution in [0.15, 0.2) is 30.3 Å². The van der Waals surface area contributed by atoms with Crippen LogP contribution in [-0.4, -0.2) is 29.8 Å². The van der Waals surface area contributed by atoms with Crippen molar-refractivity contribution >= 4 is 17.7 Å². The van der Waals surface area contributed by atoms with Crippen molar-refractivity contribution in [3.8, 4) is 0 Å². The number of amides is 3. The highest BCUT2D eigenvalue weighted by Gasteiger charge is 2.24. The minimum absolute atomic E-state index is 0.301. The van der Waals surface area contributed by atoms with Crippen molar-refractivity contribution in [1.82, 2.24) is 10.6 Å². The van der Waals surface area contributed by atoms with Crippen LogP contribution in [-0.2, 0) is 20.8 Å². The summed E-state index contributed by atoms with van der Waals surface area (Å²) in [6.07, 6.45) is 2.54. The van der Waals surface area contributed by atoms with E-state index in [2.05, 4.69) is 10.6 Å². The average Bonchev–Trinajstić information content (AvgIpc) is 2.50. The fourth-order valence-corrected chi connectivity index (χ4v) is 2.27. The van der Waals surface area contributed by atoms with Gasteiger partial charge >= 0.3 is 0 Å². The Balaban J connectivity index is 2.77. The van der Waals surface area contributed by atoms with Gasteiger partial charge in [0.15, 0.2) is 0 Å². The normalized spacial score (nSPS) is 13.0. The van der Waals surface area contributed by atoms with Crippen molar-refractivity contribution in [1.29, 1.82) is 0 Å². The summed E-state index contributed by atoms with van der Waals surface area (Å²) in [5.41, 5.74) is 6.26. The second-order valence-electron chi connectivity index (χ2n) is 5.55. The van der Waals surface area contributed by atoms with Gasteiger partial charge < -0.3 is 16.4 Å². The molecular formula is C17H25N3O3. The van der Waals surface area contributed by atoms with Crippen LogP contribution in [0.2, 0.25) is 0 Å². The molecular weight excluding hydrogens is 294 g/mol. The molecule has 0 fully saturated rings. The summed E-state index contributed by atoms with van der Waals surface area (Å²) in [5.74, 6) is -1.26. The van der Waals surface area contributed by atoms with Gasteiger partial charge in [-0.2, -0.15) is 0 Å². The van der Waals surface area contributed by atoms with E-state index in [4.69, 9.17) is 5.73 Å². The van der Waals surface area contributed by atoms with Crippen LogP contribution in [0.25, 0.3) is 0 Å². The predicted octanol–water partition coefficient (Wildman–Crippen LogP) is 0.894. The van der Waals surface area contributed by atoms with E-state index in [9.17, 15) is 14.4 Å². The predicted molar refractivity (Wildman–Crippen MR) is 88.4 cm³/mol. The molecule has 23 heavy (non-hydrogen) atoms. The highest BCUT2D eigenvalue weighted by atomic mass is 16.2. The van der Waals surface area contributed by atoms with Crippen molar-refractivity contribution in [3.05, 3.63) is 35.9 Å². The molecule has 0 unspecified atom stereocenters. The number of carbonyl (C=O) groups excluding carboxylic acids is 3. The van der Waals surface area contributed by atoms with E-state index in [1.165, 1.54) is 6.92 Å². The second-order valence-corrected chi connectivity index (χ2v) is 5.55. The Morgan fingerprint density at radius 3 is 2.26 bits per heavy atom. The van der Waals surface area contributed by atoms with E-state index in [-0.39, 0.29) is 5.91 Å². The van der Waals surface area contributed by atoms with E-state index in [0.29, 0.717) is 12.8 Å². The first-order chi connectivity index (χ1) is 10.9. The summed E-state index contributed by atoms with van der Waals surface area (Å²) >= 11 is 0. The Labute approximate surface area is 136 Å². The summed E-state index contributed by atoms with van der Waals surface area (Å²) in [5, 5.41) is 5.27. The number of nitrogens with one attached hydrogen (secondary N) is 2. The first kappa shape index (κ1) is 18.7. The number of rotatable bonds is 9.